The summed E-state index contributed by atoms with van der Waals surface area (Å²) in [7, 11) is 0. The predicted molar refractivity (Wildman–Crippen MR) is 119 cm³/mol. The molecular formula is C25H31N3O2. The summed E-state index contributed by atoms with van der Waals surface area (Å²) in [6, 6.07) is 14.6. The van der Waals surface area contributed by atoms with E-state index >= 15 is 0 Å². The molecule has 2 aromatic carbocycles. The molecule has 1 amide bonds. The Morgan fingerprint density at radius 2 is 1.80 bits per heavy atom. The molecule has 4 rings (SSSR count). The van der Waals surface area contributed by atoms with Crippen molar-refractivity contribution in [1.82, 2.24) is 14.5 Å². The Balaban J connectivity index is 1.65. The molecule has 0 saturated heterocycles. The number of aliphatic hydroxyl groups excluding tert-OH is 1. The minimum atomic E-state index is -0.178. The standard InChI is InChI=1S/C25H31N3O2/c1-18-13-22-23(14-19(18)2)28(24(17-29)26-22)16-25(30)27(21-11-7-4-8-12-21)15-20-9-5-3-6-10-20/h3,5-6,9-10,13-14,21,29H,4,7-8,11-12,15-17H2,1-2H3. The van der Waals surface area contributed by atoms with Gasteiger partial charge in [0.05, 0.1) is 11.0 Å². The van der Waals surface area contributed by atoms with Gasteiger partial charge in [0.15, 0.2) is 0 Å². The van der Waals surface area contributed by atoms with Gasteiger partial charge in [-0.2, -0.15) is 0 Å². The third-order valence-electron chi connectivity index (χ3n) is 6.41. The van der Waals surface area contributed by atoms with E-state index in [1.807, 2.05) is 28.8 Å². The average molecular weight is 406 g/mol. The van der Waals surface area contributed by atoms with Crippen LogP contribution in [0.3, 0.4) is 0 Å². The second-order valence-corrected chi connectivity index (χ2v) is 8.50. The van der Waals surface area contributed by atoms with E-state index in [1.165, 1.54) is 19.3 Å². The Kier molecular flexibility index (Phi) is 6.18. The van der Waals surface area contributed by atoms with Gasteiger partial charge in [-0.25, -0.2) is 4.98 Å². The Morgan fingerprint density at radius 1 is 1.10 bits per heavy atom. The number of hydrogen-bond acceptors (Lipinski definition) is 3. The molecule has 1 heterocycles. The molecule has 1 saturated carbocycles. The van der Waals surface area contributed by atoms with Gasteiger partial charge in [0, 0.05) is 12.6 Å². The van der Waals surface area contributed by atoms with Gasteiger partial charge in [-0.1, -0.05) is 49.6 Å². The number of benzene rings is 2. The zero-order valence-electron chi connectivity index (χ0n) is 18.0. The van der Waals surface area contributed by atoms with Crippen molar-refractivity contribution in [3.8, 4) is 0 Å². The summed E-state index contributed by atoms with van der Waals surface area (Å²) < 4.78 is 1.89. The maximum atomic E-state index is 13.6. The van der Waals surface area contributed by atoms with Gasteiger partial charge >= 0.3 is 0 Å². The third-order valence-corrected chi connectivity index (χ3v) is 6.41. The molecule has 30 heavy (non-hydrogen) atoms. The number of hydrogen-bond donors (Lipinski definition) is 1. The first-order chi connectivity index (χ1) is 14.6. The molecule has 1 aliphatic rings. The van der Waals surface area contributed by atoms with Crippen molar-refractivity contribution in [2.24, 2.45) is 0 Å². The molecule has 0 spiro atoms. The molecule has 0 unspecified atom stereocenters. The van der Waals surface area contributed by atoms with E-state index in [2.05, 4.69) is 41.9 Å². The first-order valence-corrected chi connectivity index (χ1v) is 11.0. The van der Waals surface area contributed by atoms with Gasteiger partial charge in [-0.15, -0.1) is 0 Å². The molecule has 0 bridgehead atoms. The normalized spacial score (nSPS) is 14.9. The highest BCUT2D eigenvalue weighted by Crippen LogP contribution is 2.26. The number of nitrogens with zero attached hydrogens (tertiary/aromatic N) is 3. The molecule has 1 N–H and O–H groups in total. The van der Waals surface area contributed by atoms with Crippen molar-refractivity contribution < 1.29 is 9.90 Å². The highest BCUT2D eigenvalue weighted by molar-refractivity contribution is 5.82. The molecule has 5 heteroatoms. The largest absolute Gasteiger partial charge is 0.388 e. The van der Waals surface area contributed by atoms with E-state index in [0.29, 0.717) is 12.4 Å². The number of aromatic nitrogens is 2. The second-order valence-electron chi connectivity index (χ2n) is 8.50. The molecule has 1 aliphatic carbocycles. The highest BCUT2D eigenvalue weighted by atomic mass is 16.3. The summed E-state index contributed by atoms with van der Waals surface area (Å²) in [4.78, 5) is 20.2. The Hall–Kier alpha value is -2.66. The first kappa shape index (κ1) is 20.6. The Bertz CT molecular complexity index is 1020. The summed E-state index contributed by atoms with van der Waals surface area (Å²) in [5, 5.41) is 9.89. The number of imidazole rings is 1. The van der Waals surface area contributed by atoms with Gasteiger partial charge < -0.3 is 14.6 Å². The smallest absolute Gasteiger partial charge is 0.243 e. The van der Waals surface area contributed by atoms with Crippen LogP contribution in [0.15, 0.2) is 42.5 Å². The van der Waals surface area contributed by atoms with E-state index < -0.39 is 0 Å². The zero-order chi connectivity index (χ0) is 21.1. The molecule has 1 aromatic heterocycles. The molecule has 0 atom stereocenters. The van der Waals surface area contributed by atoms with E-state index in [0.717, 1.165) is 40.6 Å². The van der Waals surface area contributed by atoms with Crippen molar-refractivity contribution >= 4 is 16.9 Å². The maximum Gasteiger partial charge on any atom is 0.243 e. The van der Waals surface area contributed by atoms with Crippen LogP contribution in [0.25, 0.3) is 11.0 Å². The van der Waals surface area contributed by atoms with Gasteiger partial charge in [0.1, 0.15) is 19.0 Å². The van der Waals surface area contributed by atoms with E-state index in [4.69, 9.17) is 0 Å². The fourth-order valence-corrected chi connectivity index (χ4v) is 4.55. The molecule has 5 nitrogen and oxygen atoms in total. The Labute approximate surface area is 178 Å². The fraction of sp³-hybridized carbons (Fsp3) is 0.440. The number of amides is 1. The van der Waals surface area contributed by atoms with Crippen LogP contribution in [0.2, 0.25) is 0 Å². The summed E-state index contributed by atoms with van der Waals surface area (Å²) in [5.74, 6) is 0.643. The van der Waals surface area contributed by atoms with E-state index in [1.54, 1.807) is 0 Å². The zero-order valence-corrected chi connectivity index (χ0v) is 18.0. The lowest BCUT2D eigenvalue weighted by Gasteiger charge is -2.35. The molecule has 1 fully saturated rings. The van der Waals surface area contributed by atoms with Gasteiger partial charge in [-0.3, -0.25) is 4.79 Å². The third kappa shape index (κ3) is 4.26. The number of aliphatic hydroxyl groups is 1. The van der Waals surface area contributed by atoms with Crippen LogP contribution in [0, 0.1) is 13.8 Å². The number of aryl methyl sites for hydroxylation is 2. The van der Waals surface area contributed by atoms with Crippen LogP contribution >= 0.6 is 0 Å². The molecule has 0 aliphatic heterocycles. The van der Waals surface area contributed by atoms with Crippen LogP contribution in [-0.2, 0) is 24.5 Å². The molecular weight excluding hydrogens is 374 g/mol. The quantitative estimate of drug-likeness (QED) is 0.657. The van der Waals surface area contributed by atoms with Crippen LogP contribution < -0.4 is 0 Å². The number of rotatable bonds is 6. The summed E-state index contributed by atoms with van der Waals surface area (Å²) in [5.41, 5.74) is 5.23. The van der Waals surface area contributed by atoms with Crippen LogP contribution in [0.1, 0.15) is 54.6 Å². The Morgan fingerprint density at radius 3 is 2.50 bits per heavy atom. The second kappa shape index (κ2) is 9.00. The van der Waals surface area contributed by atoms with Crippen LogP contribution in [0.5, 0.6) is 0 Å². The maximum absolute atomic E-state index is 13.6. The topological polar surface area (TPSA) is 58.4 Å². The first-order valence-electron chi connectivity index (χ1n) is 11.0. The monoisotopic (exact) mass is 405 g/mol. The minimum Gasteiger partial charge on any atom is -0.388 e. The summed E-state index contributed by atoms with van der Waals surface area (Å²) in [6.07, 6.45) is 5.74. The van der Waals surface area contributed by atoms with Crippen molar-refractivity contribution in [3.63, 3.8) is 0 Å². The van der Waals surface area contributed by atoms with Crippen molar-refractivity contribution in [2.45, 2.75) is 71.7 Å². The lowest BCUT2D eigenvalue weighted by molar-refractivity contribution is -0.135. The van der Waals surface area contributed by atoms with Crippen molar-refractivity contribution in [1.29, 1.82) is 0 Å². The number of carbonyl (C=O) groups excluding carboxylic acids is 1. The van der Waals surface area contributed by atoms with Crippen molar-refractivity contribution in [3.05, 3.63) is 65.0 Å². The highest BCUT2D eigenvalue weighted by Gasteiger charge is 2.27. The van der Waals surface area contributed by atoms with E-state index in [9.17, 15) is 9.90 Å². The molecule has 158 valence electrons. The van der Waals surface area contributed by atoms with Crippen LogP contribution in [-0.4, -0.2) is 31.5 Å². The van der Waals surface area contributed by atoms with Gasteiger partial charge in [0.2, 0.25) is 5.91 Å². The van der Waals surface area contributed by atoms with Gasteiger partial charge in [-0.05, 0) is 55.5 Å². The molecule has 3 aromatic rings. The van der Waals surface area contributed by atoms with Gasteiger partial charge in [0.25, 0.3) is 0 Å². The number of carbonyl (C=O) groups is 1. The van der Waals surface area contributed by atoms with Crippen LogP contribution in [0.4, 0.5) is 0 Å². The molecule has 0 radical (unpaired) electrons. The minimum absolute atomic E-state index is 0.0954. The number of fused-ring (bicyclic) bond motifs is 1. The average Bonchev–Trinajstić information content (AvgIpc) is 3.10. The van der Waals surface area contributed by atoms with E-state index in [-0.39, 0.29) is 25.1 Å². The SMILES string of the molecule is Cc1cc2nc(CO)n(CC(=O)N(Cc3ccccc3)C3CCCCC3)c2cc1C. The van der Waals surface area contributed by atoms with Crippen molar-refractivity contribution in [2.75, 3.05) is 0 Å². The fourth-order valence-electron chi connectivity index (χ4n) is 4.55. The summed E-state index contributed by atoms with van der Waals surface area (Å²) >= 11 is 0. The predicted octanol–water partition coefficient (Wildman–Crippen LogP) is 4.51. The summed E-state index contributed by atoms with van der Waals surface area (Å²) in [6.45, 7) is 4.78. The lowest BCUT2D eigenvalue weighted by Crippen LogP contribution is -2.42. The lowest BCUT2D eigenvalue weighted by atomic mass is 9.93.